The average Bonchev–Trinajstić information content (AvgIpc) is 2.27. The lowest BCUT2D eigenvalue weighted by molar-refractivity contribution is -0.131. The molecule has 0 radical (unpaired) electrons. The van der Waals surface area contributed by atoms with Crippen LogP contribution in [-0.4, -0.2) is 35.0 Å². The predicted molar refractivity (Wildman–Crippen MR) is 70.3 cm³/mol. The normalized spacial score (nSPS) is 18.5. The fourth-order valence-corrected chi connectivity index (χ4v) is 2.55. The lowest BCUT2D eigenvalue weighted by Gasteiger charge is -2.38. The summed E-state index contributed by atoms with van der Waals surface area (Å²) in [6, 6.07) is 0. The van der Waals surface area contributed by atoms with E-state index in [-0.39, 0.29) is 11.7 Å². The van der Waals surface area contributed by atoms with Gasteiger partial charge >= 0.3 is 0 Å². The molecule has 0 aromatic heterocycles. The Morgan fingerprint density at radius 3 is 2.76 bits per heavy atom. The topological polar surface area (TPSA) is 87.7 Å². The van der Waals surface area contributed by atoms with E-state index in [0.29, 0.717) is 19.4 Å². The first kappa shape index (κ1) is 14.2. The summed E-state index contributed by atoms with van der Waals surface area (Å²) < 4.78 is 0. The Bertz CT molecular complexity index is 290. The molecule has 1 aliphatic carbocycles. The fourth-order valence-electron chi connectivity index (χ4n) is 1.92. The maximum atomic E-state index is 12.0. The highest BCUT2D eigenvalue weighted by Crippen LogP contribution is 2.41. The van der Waals surface area contributed by atoms with Crippen molar-refractivity contribution in [3.8, 4) is 0 Å². The third kappa shape index (κ3) is 3.28. The summed E-state index contributed by atoms with van der Waals surface area (Å²) in [5.41, 5.74) is 4.86. The van der Waals surface area contributed by atoms with Crippen molar-refractivity contribution < 1.29 is 10.0 Å². The number of amidine groups is 1. The monoisotopic (exact) mass is 259 g/mol. The third-order valence-electron chi connectivity index (χ3n) is 3.19. The molecule has 0 bridgehead atoms. The Kier molecular flexibility index (Phi) is 5.61. The minimum Gasteiger partial charge on any atom is -0.409 e. The van der Waals surface area contributed by atoms with Gasteiger partial charge in [-0.2, -0.15) is 11.8 Å². The molecule has 1 saturated carbocycles. The van der Waals surface area contributed by atoms with Crippen LogP contribution in [0.25, 0.3) is 0 Å². The van der Waals surface area contributed by atoms with Gasteiger partial charge in [-0.25, -0.2) is 0 Å². The highest BCUT2D eigenvalue weighted by molar-refractivity contribution is 7.99. The number of nitrogens with zero attached hydrogens (tertiary/aromatic N) is 1. The van der Waals surface area contributed by atoms with Gasteiger partial charge in [0.2, 0.25) is 5.91 Å². The van der Waals surface area contributed by atoms with Gasteiger partial charge in [0, 0.05) is 6.54 Å². The first-order valence-electron chi connectivity index (χ1n) is 6.01. The van der Waals surface area contributed by atoms with Crippen LogP contribution in [0.2, 0.25) is 0 Å². The maximum Gasteiger partial charge on any atom is 0.233 e. The molecular weight excluding hydrogens is 238 g/mol. The van der Waals surface area contributed by atoms with Crippen molar-refractivity contribution in [2.24, 2.45) is 16.3 Å². The molecule has 0 aromatic carbocycles. The number of amides is 1. The van der Waals surface area contributed by atoms with Crippen LogP contribution < -0.4 is 11.1 Å². The summed E-state index contributed by atoms with van der Waals surface area (Å²) >= 11 is 1.86. The van der Waals surface area contributed by atoms with E-state index >= 15 is 0 Å². The van der Waals surface area contributed by atoms with Gasteiger partial charge in [0.15, 0.2) is 5.84 Å². The number of nitrogens with two attached hydrogens (primary N) is 1. The molecule has 0 saturated heterocycles. The average molecular weight is 259 g/mol. The number of rotatable bonds is 7. The molecule has 1 fully saturated rings. The van der Waals surface area contributed by atoms with Crippen LogP contribution in [0.1, 0.15) is 32.6 Å². The quantitative estimate of drug-likeness (QED) is 0.210. The summed E-state index contributed by atoms with van der Waals surface area (Å²) in [7, 11) is 0. The highest BCUT2D eigenvalue weighted by atomic mass is 32.2. The standard InChI is InChI=1S/C11H21N3O2S/c1-2-17-8-4-7-13-10(15)11(5-3-6-11)9(12)14-16/h16H,2-8H2,1H3,(H2,12,14)(H,13,15). The van der Waals surface area contributed by atoms with Crippen molar-refractivity contribution in [2.75, 3.05) is 18.1 Å². The summed E-state index contributed by atoms with van der Waals surface area (Å²) in [4.78, 5) is 12.0. The second-order valence-electron chi connectivity index (χ2n) is 4.23. The number of nitrogens with one attached hydrogen (secondary N) is 1. The van der Waals surface area contributed by atoms with Gasteiger partial charge < -0.3 is 16.3 Å². The van der Waals surface area contributed by atoms with E-state index in [1.165, 1.54) is 0 Å². The van der Waals surface area contributed by atoms with Crippen LogP contribution in [0.5, 0.6) is 0 Å². The Hall–Kier alpha value is -0.910. The second-order valence-corrected chi connectivity index (χ2v) is 5.62. The van der Waals surface area contributed by atoms with Crippen molar-refractivity contribution in [1.29, 1.82) is 0 Å². The number of hydrogen-bond acceptors (Lipinski definition) is 4. The molecule has 98 valence electrons. The summed E-state index contributed by atoms with van der Waals surface area (Å²) in [5.74, 6) is 2.10. The Morgan fingerprint density at radius 2 is 2.29 bits per heavy atom. The van der Waals surface area contributed by atoms with Crippen LogP contribution in [0.4, 0.5) is 0 Å². The molecule has 0 aliphatic heterocycles. The van der Waals surface area contributed by atoms with E-state index in [2.05, 4.69) is 17.4 Å². The van der Waals surface area contributed by atoms with Gasteiger partial charge in [-0.15, -0.1) is 0 Å². The minimum absolute atomic E-state index is 0.0455. The van der Waals surface area contributed by atoms with Crippen LogP contribution in [-0.2, 0) is 4.79 Å². The number of carbonyl (C=O) groups excluding carboxylic acids is 1. The third-order valence-corrected chi connectivity index (χ3v) is 4.18. The zero-order chi connectivity index (χ0) is 12.7. The molecule has 17 heavy (non-hydrogen) atoms. The van der Waals surface area contributed by atoms with Crippen molar-refractivity contribution in [3.05, 3.63) is 0 Å². The number of carbonyl (C=O) groups is 1. The number of oxime groups is 1. The van der Waals surface area contributed by atoms with E-state index in [1.54, 1.807) is 0 Å². The predicted octanol–water partition coefficient (Wildman–Crippen LogP) is 1.16. The first-order valence-corrected chi connectivity index (χ1v) is 7.17. The van der Waals surface area contributed by atoms with Crippen LogP contribution >= 0.6 is 11.8 Å². The van der Waals surface area contributed by atoms with Crippen molar-refractivity contribution in [2.45, 2.75) is 32.6 Å². The van der Waals surface area contributed by atoms with E-state index in [9.17, 15) is 4.79 Å². The van der Waals surface area contributed by atoms with Crippen LogP contribution in [0.3, 0.4) is 0 Å². The lowest BCUT2D eigenvalue weighted by Crippen LogP contribution is -2.54. The van der Waals surface area contributed by atoms with Crippen molar-refractivity contribution in [3.63, 3.8) is 0 Å². The zero-order valence-electron chi connectivity index (χ0n) is 10.2. The van der Waals surface area contributed by atoms with Gasteiger partial charge in [0.05, 0.1) is 0 Å². The van der Waals surface area contributed by atoms with E-state index in [0.717, 1.165) is 24.3 Å². The molecule has 1 rings (SSSR count). The summed E-state index contributed by atoms with van der Waals surface area (Å²) in [6.45, 7) is 2.78. The molecule has 1 amide bonds. The highest BCUT2D eigenvalue weighted by Gasteiger charge is 2.48. The number of thioether (sulfide) groups is 1. The lowest BCUT2D eigenvalue weighted by atomic mass is 9.67. The molecule has 0 unspecified atom stereocenters. The van der Waals surface area contributed by atoms with Gasteiger partial charge in [-0.05, 0) is 30.8 Å². The smallest absolute Gasteiger partial charge is 0.233 e. The Morgan fingerprint density at radius 1 is 1.59 bits per heavy atom. The SMILES string of the molecule is CCSCCCNC(=O)C1(C(N)=NO)CCC1. The molecule has 0 atom stereocenters. The maximum absolute atomic E-state index is 12.0. The van der Waals surface area contributed by atoms with Gasteiger partial charge in [0.25, 0.3) is 0 Å². The van der Waals surface area contributed by atoms with Gasteiger partial charge in [-0.3, -0.25) is 4.79 Å². The van der Waals surface area contributed by atoms with Crippen LogP contribution in [0, 0.1) is 5.41 Å². The molecule has 6 heteroatoms. The molecule has 0 heterocycles. The molecule has 0 spiro atoms. The van der Waals surface area contributed by atoms with Crippen molar-refractivity contribution >= 4 is 23.5 Å². The Balaban J connectivity index is 2.35. The molecule has 0 aromatic rings. The largest absolute Gasteiger partial charge is 0.409 e. The molecular formula is C11H21N3O2S. The first-order chi connectivity index (χ1) is 8.17. The number of hydrogen-bond donors (Lipinski definition) is 3. The van der Waals surface area contributed by atoms with E-state index < -0.39 is 5.41 Å². The zero-order valence-corrected chi connectivity index (χ0v) is 11.1. The minimum atomic E-state index is -0.743. The summed E-state index contributed by atoms with van der Waals surface area (Å²) in [5, 5.41) is 14.6. The van der Waals surface area contributed by atoms with E-state index in [1.807, 2.05) is 11.8 Å². The van der Waals surface area contributed by atoms with Gasteiger partial charge in [-0.1, -0.05) is 18.5 Å². The summed E-state index contributed by atoms with van der Waals surface area (Å²) in [6.07, 6.45) is 3.27. The van der Waals surface area contributed by atoms with Crippen LogP contribution in [0.15, 0.2) is 5.16 Å². The molecule has 4 N–H and O–H groups in total. The van der Waals surface area contributed by atoms with Gasteiger partial charge in [0.1, 0.15) is 5.41 Å². The second kappa shape index (κ2) is 6.74. The van der Waals surface area contributed by atoms with Crippen molar-refractivity contribution in [1.82, 2.24) is 5.32 Å². The molecule has 5 nitrogen and oxygen atoms in total. The van der Waals surface area contributed by atoms with E-state index in [4.69, 9.17) is 10.9 Å². The molecule has 1 aliphatic rings. The fraction of sp³-hybridized carbons (Fsp3) is 0.818. The Labute approximate surface area is 106 Å².